The summed E-state index contributed by atoms with van der Waals surface area (Å²) in [6.45, 7) is 2.68. The van der Waals surface area contributed by atoms with Crippen molar-refractivity contribution >= 4 is 21.6 Å². The highest BCUT2D eigenvalue weighted by Crippen LogP contribution is 2.16. The zero-order chi connectivity index (χ0) is 15.0. The van der Waals surface area contributed by atoms with Crippen LogP contribution in [0.15, 0.2) is 29.2 Å². The Morgan fingerprint density at radius 2 is 1.75 bits per heavy atom. The van der Waals surface area contributed by atoms with Gasteiger partial charge >= 0.3 is 0 Å². The van der Waals surface area contributed by atoms with E-state index in [1.54, 1.807) is 19.2 Å². The first-order valence-corrected chi connectivity index (χ1v) is 9.11. The number of sulfonamides is 1. The van der Waals surface area contributed by atoms with E-state index in [9.17, 15) is 8.42 Å². The van der Waals surface area contributed by atoms with Crippen LogP contribution in [0.25, 0.3) is 0 Å². The van der Waals surface area contributed by atoms with Crippen LogP contribution in [0.5, 0.6) is 0 Å². The molecule has 0 atom stereocenters. The maximum Gasteiger partial charge on any atom is 0.242 e. The number of hydrogen-bond donors (Lipinski definition) is 0. The first-order valence-electron chi connectivity index (χ1n) is 7.13. The van der Waals surface area contributed by atoms with Crippen LogP contribution in [0.4, 0.5) is 0 Å². The lowest BCUT2D eigenvalue weighted by molar-refractivity contribution is 0.454. The molecular formula is C15H24ClNO2S. The standard InChI is InChI=1S/C15H24ClNO2S/c1-3-4-5-13-17(2)20(18,19)15-10-8-14(9-11-15)7-6-12-16/h8-11H,3-7,12-13H2,1-2H3. The highest BCUT2D eigenvalue weighted by Gasteiger charge is 2.19. The first kappa shape index (κ1) is 17.5. The summed E-state index contributed by atoms with van der Waals surface area (Å²) in [5, 5.41) is 0. The van der Waals surface area contributed by atoms with Gasteiger partial charge in [-0.25, -0.2) is 12.7 Å². The van der Waals surface area contributed by atoms with Crippen molar-refractivity contribution in [1.82, 2.24) is 4.31 Å². The Labute approximate surface area is 128 Å². The highest BCUT2D eigenvalue weighted by molar-refractivity contribution is 7.89. The number of benzene rings is 1. The zero-order valence-corrected chi connectivity index (χ0v) is 13.9. The third-order valence-electron chi connectivity index (χ3n) is 3.31. The summed E-state index contributed by atoms with van der Waals surface area (Å²) >= 11 is 5.65. The molecule has 0 amide bonds. The van der Waals surface area contributed by atoms with E-state index >= 15 is 0 Å². The fourth-order valence-corrected chi connectivity index (χ4v) is 3.33. The SMILES string of the molecule is CCCCCN(C)S(=O)(=O)c1ccc(CCCCl)cc1. The Morgan fingerprint density at radius 3 is 2.30 bits per heavy atom. The molecule has 0 N–H and O–H groups in total. The van der Waals surface area contributed by atoms with Crippen LogP contribution in [-0.4, -0.2) is 32.2 Å². The van der Waals surface area contributed by atoms with Crippen LogP contribution in [-0.2, 0) is 16.4 Å². The van der Waals surface area contributed by atoms with Gasteiger partial charge in [-0.2, -0.15) is 0 Å². The molecular weight excluding hydrogens is 294 g/mol. The summed E-state index contributed by atoms with van der Waals surface area (Å²) in [5.41, 5.74) is 1.12. The number of rotatable bonds is 9. The van der Waals surface area contributed by atoms with Crippen molar-refractivity contribution in [2.45, 2.75) is 43.9 Å². The molecule has 1 aromatic carbocycles. The van der Waals surface area contributed by atoms with Crippen LogP contribution in [0.3, 0.4) is 0 Å². The molecule has 0 heterocycles. The van der Waals surface area contributed by atoms with Crippen LogP contribution < -0.4 is 0 Å². The molecule has 0 saturated heterocycles. The fraction of sp³-hybridized carbons (Fsp3) is 0.600. The molecule has 20 heavy (non-hydrogen) atoms. The topological polar surface area (TPSA) is 37.4 Å². The summed E-state index contributed by atoms with van der Waals surface area (Å²) in [6, 6.07) is 7.13. The Bertz CT molecular complexity index is 485. The van der Waals surface area contributed by atoms with E-state index in [2.05, 4.69) is 6.92 Å². The second-order valence-electron chi connectivity index (χ2n) is 4.97. The molecule has 0 saturated carbocycles. The first-order chi connectivity index (χ1) is 9.52. The minimum Gasteiger partial charge on any atom is -0.207 e. The molecule has 0 aliphatic rings. The summed E-state index contributed by atoms with van der Waals surface area (Å²) in [6.07, 6.45) is 4.83. The lowest BCUT2D eigenvalue weighted by atomic mass is 10.1. The van der Waals surface area contributed by atoms with E-state index < -0.39 is 10.0 Å². The van der Waals surface area contributed by atoms with E-state index in [0.29, 0.717) is 17.3 Å². The van der Waals surface area contributed by atoms with Crippen molar-refractivity contribution in [3.8, 4) is 0 Å². The van der Waals surface area contributed by atoms with Gasteiger partial charge in [0.25, 0.3) is 0 Å². The summed E-state index contributed by atoms with van der Waals surface area (Å²) in [7, 11) is -1.70. The van der Waals surface area contributed by atoms with Gasteiger partial charge in [-0.05, 0) is 37.0 Å². The fourth-order valence-electron chi connectivity index (χ4n) is 1.98. The van der Waals surface area contributed by atoms with Crippen molar-refractivity contribution in [3.63, 3.8) is 0 Å². The number of alkyl halides is 1. The number of halogens is 1. The highest BCUT2D eigenvalue weighted by atomic mass is 35.5. The van der Waals surface area contributed by atoms with Crippen molar-refractivity contribution in [2.75, 3.05) is 19.5 Å². The molecule has 3 nitrogen and oxygen atoms in total. The van der Waals surface area contributed by atoms with E-state index in [-0.39, 0.29) is 0 Å². The van der Waals surface area contributed by atoms with Gasteiger partial charge < -0.3 is 0 Å². The molecule has 1 rings (SSSR count). The molecule has 1 aromatic rings. The van der Waals surface area contributed by atoms with Crippen molar-refractivity contribution < 1.29 is 8.42 Å². The third-order valence-corrected chi connectivity index (χ3v) is 5.45. The van der Waals surface area contributed by atoms with Crippen LogP contribution >= 0.6 is 11.6 Å². The lowest BCUT2D eigenvalue weighted by Crippen LogP contribution is -2.27. The van der Waals surface area contributed by atoms with Gasteiger partial charge in [-0.15, -0.1) is 11.6 Å². The third kappa shape index (κ3) is 5.08. The molecule has 0 unspecified atom stereocenters. The molecule has 0 radical (unpaired) electrons. The second kappa shape index (κ2) is 8.65. The molecule has 0 aliphatic heterocycles. The monoisotopic (exact) mass is 317 g/mol. The van der Waals surface area contributed by atoms with Crippen molar-refractivity contribution in [3.05, 3.63) is 29.8 Å². The normalized spacial score (nSPS) is 12.0. The minimum absolute atomic E-state index is 0.367. The molecule has 114 valence electrons. The van der Waals surface area contributed by atoms with E-state index in [1.165, 1.54) is 4.31 Å². The lowest BCUT2D eigenvalue weighted by Gasteiger charge is -2.17. The minimum atomic E-state index is -3.35. The maximum absolute atomic E-state index is 12.4. The quantitative estimate of drug-likeness (QED) is 0.515. The van der Waals surface area contributed by atoms with Crippen LogP contribution in [0, 0.1) is 0 Å². The van der Waals surface area contributed by atoms with Gasteiger partial charge in [0.15, 0.2) is 0 Å². The van der Waals surface area contributed by atoms with Crippen molar-refractivity contribution in [1.29, 1.82) is 0 Å². The number of unbranched alkanes of at least 4 members (excludes halogenated alkanes) is 2. The molecule has 0 bridgehead atoms. The van der Waals surface area contributed by atoms with E-state index in [1.807, 2.05) is 12.1 Å². The van der Waals surface area contributed by atoms with E-state index in [0.717, 1.165) is 37.7 Å². The summed E-state index contributed by atoms with van der Waals surface area (Å²) < 4.78 is 26.2. The number of nitrogens with zero attached hydrogens (tertiary/aromatic N) is 1. The predicted molar refractivity (Wildman–Crippen MR) is 84.8 cm³/mol. The maximum atomic E-state index is 12.4. The number of hydrogen-bond acceptors (Lipinski definition) is 2. The zero-order valence-electron chi connectivity index (χ0n) is 12.3. The van der Waals surface area contributed by atoms with Crippen LogP contribution in [0.2, 0.25) is 0 Å². The molecule has 0 fully saturated rings. The predicted octanol–water partition coefficient (Wildman–Crippen LogP) is 3.67. The number of aryl methyl sites for hydroxylation is 1. The average molecular weight is 318 g/mol. The summed E-state index contributed by atoms with van der Waals surface area (Å²) in [5.74, 6) is 0.625. The van der Waals surface area contributed by atoms with Crippen molar-refractivity contribution in [2.24, 2.45) is 0 Å². The summed E-state index contributed by atoms with van der Waals surface area (Å²) in [4.78, 5) is 0.367. The molecule has 0 aliphatic carbocycles. The van der Waals surface area contributed by atoms with E-state index in [4.69, 9.17) is 11.6 Å². The van der Waals surface area contributed by atoms with Gasteiger partial charge in [0, 0.05) is 19.5 Å². The Morgan fingerprint density at radius 1 is 1.10 bits per heavy atom. The van der Waals surface area contributed by atoms with Crippen LogP contribution in [0.1, 0.15) is 38.2 Å². The molecule has 0 aromatic heterocycles. The second-order valence-corrected chi connectivity index (χ2v) is 7.39. The molecule has 0 spiro atoms. The molecule has 5 heteroatoms. The Hall–Kier alpha value is -0.580. The Kier molecular flexibility index (Phi) is 7.56. The largest absolute Gasteiger partial charge is 0.242 e. The van der Waals surface area contributed by atoms with Gasteiger partial charge in [0.1, 0.15) is 0 Å². The smallest absolute Gasteiger partial charge is 0.207 e. The van der Waals surface area contributed by atoms with Gasteiger partial charge in [0.2, 0.25) is 10.0 Å². The van der Waals surface area contributed by atoms with Gasteiger partial charge in [-0.1, -0.05) is 31.9 Å². The van der Waals surface area contributed by atoms with Gasteiger partial charge in [0.05, 0.1) is 4.90 Å². The van der Waals surface area contributed by atoms with Gasteiger partial charge in [-0.3, -0.25) is 0 Å². The Balaban J connectivity index is 2.71. The average Bonchev–Trinajstić information content (AvgIpc) is 2.45.